The summed E-state index contributed by atoms with van der Waals surface area (Å²) in [6.07, 6.45) is 1.41. The Balaban J connectivity index is 1.86. The van der Waals surface area contributed by atoms with E-state index in [4.69, 9.17) is 0 Å². The van der Waals surface area contributed by atoms with Gasteiger partial charge in [0, 0.05) is 0 Å². The molecule has 10 atom stereocenters. The van der Waals surface area contributed by atoms with E-state index in [1.165, 1.54) is 6.42 Å². The highest BCUT2D eigenvalue weighted by Gasteiger charge is 2.93. The Morgan fingerprint density at radius 3 is 1.25 bits per heavy atom. The normalized spacial score (nSPS) is 61.5. The summed E-state index contributed by atoms with van der Waals surface area (Å²) in [6, 6.07) is 0. The van der Waals surface area contributed by atoms with Gasteiger partial charge in [-0.15, -0.1) is 0 Å². The lowest BCUT2D eigenvalue weighted by Gasteiger charge is -2.70. The number of fused-ring (bicyclic) bond motifs is 12. The zero-order chi connectivity index (χ0) is 24.7. The van der Waals surface area contributed by atoms with Gasteiger partial charge in [-0.25, -0.2) is 0 Å². The molecule has 5 aliphatic rings. The van der Waals surface area contributed by atoms with E-state index in [-0.39, 0.29) is 0 Å². The minimum Gasteiger partial charge on any atom is -0.0617 e. The smallest absolute Gasteiger partial charge is 0.0196 e. The van der Waals surface area contributed by atoms with Crippen LogP contribution < -0.4 is 0 Å². The zero-order valence-electron chi connectivity index (χ0n) is 24.7. The van der Waals surface area contributed by atoms with Crippen molar-refractivity contribution < 1.29 is 0 Å². The molecule has 0 radical (unpaired) electrons. The van der Waals surface area contributed by atoms with Gasteiger partial charge in [0.25, 0.3) is 0 Å². The third kappa shape index (κ3) is 1.61. The van der Waals surface area contributed by atoms with Crippen LogP contribution in [0.2, 0.25) is 0 Å². The molecule has 184 valence electrons. The van der Waals surface area contributed by atoms with Gasteiger partial charge in [0.15, 0.2) is 0 Å². The largest absolute Gasteiger partial charge is 0.0617 e. The minimum atomic E-state index is 0.326. The summed E-state index contributed by atoms with van der Waals surface area (Å²) in [5.41, 5.74) is 3.38. The fourth-order valence-corrected chi connectivity index (χ4v) is 13.8. The predicted molar refractivity (Wildman–Crippen MR) is 138 cm³/mol. The van der Waals surface area contributed by atoms with E-state index < -0.39 is 0 Å². The molecule has 32 heavy (non-hydrogen) atoms. The topological polar surface area (TPSA) is 0 Å². The van der Waals surface area contributed by atoms with Gasteiger partial charge in [-0.05, 0) is 90.7 Å². The molecule has 0 aromatic rings. The van der Waals surface area contributed by atoms with Crippen LogP contribution in [0.3, 0.4) is 0 Å². The Bertz CT molecular complexity index is 884. The van der Waals surface area contributed by atoms with Gasteiger partial charge in [0.1, 0.15) is 0 Å². The molecule has 0 aliphatic heterocycles. The standard InChI is InChI=1S/C32H56/c1-18-19(2)30(14)23-22(29(18,13)27(30,9)10)31(15)20-17-24(3,4)26(7,8)25(5,6)21(20)32(23,16)28(31,11)12/h18-23H,17H2,1-16H3. The van der Waals surface area contributed by atoms with E-state index in [9.17, 15) is 0 Å². The first kappa shape index (κ1) is 23.7. The van der Waals surface area contributed by atoms with Gasteiger partial charge < -0.3 is 0 Å². The molecule has 0 spiro atoms. The summed E-state index contributed by atoms with van der Waals surface area (Å²) in [6.45, 7) is 43.0. The molecule has 5 saturated carbocycles. The van der Waals surface area contributed by atoms with Crippen molar-refractivity contribution in [2.75, 3.05) is 0 Å². The van der Waals surface area contributed by atoms with Crippen LogP contribution in [0.1, 0.15) is 117 Å². The molecular weight excluding hydrogens is 384 g/mol. The van der Waals surface area contributed by atoms with E-state index in [0.29, 0.717) is 48.7 Å². The van der Waals surface area contributed by atoms with Gasteiger partial charge in [-0.3, -0.25) is 0 Å². The van der Waals surface area contributed by atoms with Crippen LogP contribution in [0.25, 0.3) is 0 Å². The third-order valence-electron chi connectivity index (χ3n) is 17.6. The van der Waals surface area contributed by atoms with Gasteiger partial charge in [0.05, 0.1) is 0 Å². The molecule has 5 rings (SSSR count). The molecule has 5 fully saturated rings. The maximum Gasteiger partial charge on any atom is -0.0196 e. The van der Waals surface area contributed by atoms with Crippen molar-refractivity contribution in [2.24, 2.45) is 84.2 Å². The van der Waals surface area contributed by atoms with Crippen molar-refractivity contribution >= 4 is 0 Å². The van der Waals surface area contributed by atoms with Crippen molar-refractivity contribution in [1.29, 1.82) is 0 Å². The van der Waals surface area contributed by atoms with Crippen LogP contribution in [0.15, 0.2) is 0 Å². The second-order valence-corrected chi connectivity index (χ2v) is 17.4. The maximum absolute atomic E-state index is 2.82. The van der Waals surface area contributed by atoms with Crippen molar-refractivity contribution in [2.45, 2.75) is 117 Å². The summed E-state index contributed by atoms with van der Waals surface area (Å²) in [7, 11) is 0. The van der Waals surface area contributed by atoms with E-state index in [1.54, 1.807) is 0 Å². The molecule has 0 aromatic carbocycles. The summed E-state index contributed by atoms with van der Waals surface area (Å²) in [5.74, 6) is 4.92. The minimum absolute atomic E-state index is 0.326. The van der Waals surface area contributed by atoms with E-state index in [0.717, 1.165) is 35.5 Å². The van der Waals surface area contributed by atoms with Crippen LogP contribution in [-0.2, 0) is 0 Å². The first-order valence-corrected chi connectivity index (χ1v) is 14.0. The van der Waals surface area contributed by atoms with E-state index in [2.05, 4.69) is 111 Å². The van der Waals surface area contributed by atoms with Gasteiger partial charge in [-0.1, -0.05) is 111 Å². The Labute approximate surface area is 201 Å². The first-order valence-electron chi connectivity index (χ1n) is 14.0. The fraction of sp³-hybridized carbons (Fsp3) is 1.00. The SMILES string of the molecule is CC1C(C)C2(C)C3C(C1(C)C2(C)C)C1(C)C2CC(C)(C)C(C)(C)C(C)(C)C2C3(C)C1(C)C. The average molecular weight is 441 g/mol. The molecule has 0 nitrogen and oxygen atoms in total. The lowest BCUT2D eigenvalue weighted by atomic mass is 9.35. The molecule has 0 heteroatoms. The Morgan fingerprint density at radius 2 is 0.812 bits per heavy atom. The lowest BCUT2D eigenvalue weighted by molar-refractivity contribution is -0.222. The maximum atomic E-state index is 2.82. The highest BCUT2D eigenvalue weighted by Crippen LogP contribution is 2.97. The molecule has 0 saturated heterocycles. The Morgan fingerprint density at radius 1 is 0.438 bits per heavy atom. The zero-order valence-corrected chi connectivity index (χ0v) is 24.7. The van der Waals surface area contributed by atoms with Gasteiger partial charge in [-0.2, -0.15) is 0 Å². The molecule has 0 amide bonds. The molecule has 0 heterocycles. The molecule has 0 N–H and O–H groups in total. The summed E-state index contributed by atoms with van der Waals surface area (Å²) in [4.78, 5) is 0. The van der Waals surface area contributed by atoms with Crippen LogP contribution >= 0.6 is 0 Å². The average Bonchev–Trinajstić information content (AvgIpc) is 2.98. The van der Waals surface area contributed by atoms with Crippen molar-refractivity contribution in [3.8, 4) is 0 Å². The highest BCUT2D eigenvalue weighted by molar-refractivity contribution is 5.40. The molecule has 4 bridgehead atoms. The van der Waals surface area contributed by atoms with Crippen LogP contribution in [0.4, 0.5) is 0 Å². The van der Waals surface area contributed by atoms with Crippen molar-refractivity contribution in [1.82, 2.24) is 0 Å². The van der Waals surface area contributed by atoms with Crippen LogP contribution in [0.5, 0.6) is 0 Å². The number of rotatable bonds is 0. The fourth-order valence-electron chi connectivity index (χ4n) is 13.8. The molecule has 5 aliphatic carbocycles. The molecular formula is C32H56. The Hall–Kier alpha value is 0. The third-order valence-corrected chi connectivity index (χ3v) is 17.6. The van der Waals surface area contributed by atoms with E-state index >= 15 is 0 Å². The van der Waals surface area contributed by atoms with Gasteiger partial charge >= 0.3 is 0 Å². The van der Waals surface area contributed by atoms with Crippen LogP contribution in [-0.4, -0.2) is 0 Å². The summed E-state index contributed by atoms with van der Waals surface area (Å²) >= 11 is 0. The number of hydrogen-bond donors (Lipinski definition) is 0. The predicted octanol–water partition coefficient (Wildman–Crippen LogP) is 9.34. The second kappa shape index (κ2) is 5.24. The summed E-state index contributed by atoms with van der Waals surface area (Å²) < 4.78 is 0. The highest BCUT2D eigenvalue weighted by atomic mass is 15.0. The van der Waals surface area contributed by atoms with Crippen molar-refractivity contribution in [3.63, 3.8) is 0 Å². The Kier molecular flexibility index (Phi) is 3.88. The summed E-state index contributed by atoms with van der Waals surface area (Å²) in [5, 5.41) is 0. The van der Waals surface area contributed by atoms with Crippen molar-refractivity contribution in [3.05, 3.63) is 0 Å². The number of hydrogen-bond acceptors (Lipinski definition) is 0. The quantitative estimate of drug-likeness (QED) is 0.329. The molecule has 10 unspecified atom stereocenters. The van der Waals surface area contributed by atoms with Gasteiger partial charge in [0.2, 0.25) is 0 Å². The van der Waals surface area contributed by atoms with Crippen LogP contribution in [0, 0.1) is 84.2 Å². The van der Waals surface area contributed by atoms with E-state index in [1.807, 2.05) is 0 Å². The lowest BCUT2D eigenvalue weighted by Crippen LogP contribution is -2.64. The first-order chi connectivity index (χ1) is 14.0. The second-order valence-electron chi connectivity index (χ2n) is 17.4. The molecule has 0 aromatic heterocycles. The monoisotopic (exact) mass is 440 g/mol.